The molecule has 44 heavy (non-hydrogen) atoms. The van der Waals surface area contributed by atoms with E-state index in [2.05, 4.69) is 134 Å². The van der Waals surface area contributed by atoms with Gasteiger partial charge in [-0.25, -0.2) is 15.0 Å². The zero-order chi connectivity index (χ0) is 29.5. The van der Waals surface area contributed by atoms with Crippen molar-refractivity contribution in [2.75, 3.05) is 0 Å². The summed E-state index contributed by atoms with van der Waals surface area (Å²) in [4.78, 5) is 15.1. The van der Waals surface area contributed by atoms with Gasteiger partial charge in [-0.05, 0) is 52.4 Å². The largest absolute Gasteiger partial charge is 0.208 e. The highest BCUT2D eigenvalue weighted by Crippen LogP contribution is 2.56. The third-order valence-electron chi connectivity index (χ3n) is 8.66. The molecular formula is C41H29N3. The lowest BCUT2D eigenvalue weighted by Gasteiger charge is -2.34. The van der Waals surface area contributed by atoms with Gasteiger partial charge < -0.3 is 0 Å². The first kappa shape index (κ1) is 26.0. The standard InChI is InChI=1S/C41H29N3/c1-28-14-13-17-30(26-28)39-42-38(29-15-5-2-6-16-29)43-40(44-39)31-24-25-35-34-22-11-12-23-36(34)41(37(35)27-31,32-18-7-3-8-19-32)33-20-9-4-10-21-33/h2-27H,1H3. The van der Waals surface area contributed by atoms with E-state index in [-0.39, 0.29) is 0 Å². The molecule has 0 bridgehead atoms. The quantitative estimate of drug-likeness (QED) is 0.209. The molecule has 0 atom stereocenters. The maximum atomic E-state index is 5.09. The molecule has 0 saturated carbocycles. The van der Waals surface area contributed by atoms with Crippen molar-refractivity contribution in [3.05, 3.63) is 186 Å². The maximum Gasteiger partial charge on any atom is 0.164 e. The molecule has 0 spiro atoms. The Labute approximate surface area is 257 Å². The number of benzene rings is 6. The van der Waals surface area contributed by atoms with Gasteiger partial charge >= 0.3 is 0 Å². The molecule has 1 heterocycles. The van der Waals surface area contributed by atoms with E-state index in [9.17, 15) is 0 Å². The number of nitrogens with zero attached hydrogens (tertiary/aromatic N) is 3. The fourth-order valence-corrected chi connectivity index (χ4v) is 6.72. The minimum absolute atomic E-state index is 0.487. The van der Waals surface area contributed by atoms with Gasteiger partial charge in [0, 0.05) is 16.7 Å². The summed E-state index contributed by atoms with van der Waals surface area (Å²) in [5.74, 6) is 1.98. The van der Waals surface area contributed by atoms with Crippen molar-refractivity contribution in [3.63, 3.8) is 0 Å². The minimum atomic E-state index is -0.487. The van der Waals surface area contributed by atoms with Gasteiger partial charge in [0.05, 0.1) is 5.41 Å². The number of hydrogen-bond donors (Lipinski definition) is 0. The van der Waals surface area contributed by atoms with Crippen LogP contribution in [0.3, 0.4) is 0 Å². The van der Waals surface area contributed by atoms with Crippen LogP contribution in [0.1, 0.15) is 27.8 Å². The third-order valence-corrected chi connectivity index (χ3v) is 8.66. The Morgan fingerprint density at radius 1 is 0.386 bits per heavy atom. The Morgan fingerprint density at radius 3 is 1.52 bits per heavy atom. The van der Waals surface area contributed by atoms with E-state index in [1.165, 1.54) is 33.4 Å². The maximum absolute atomic E-state index is 5.09. The number of fused-ring (bicyclic) bond motifs is 3. The first-order valence-corrected chi connectivity index (χ1v) is 15.0. The zero-order valence-corrected chi connectivity index (χ0v) is 24.4. The van der Waals surface area contributed by atoms with Crippen molar-refractivity contribution in [3.8, 4) is 45.3 Å². The molecule has 1 aromatic heterocycles. The van der Waals surface area contributed by atoms with Crippen molar-refractivity contribution >= 4 is 0 Å². The second kappa shape index (κ2) is 10.6. The van der Waals surface area contributed by atoms with Crippen molar-refractivity contribution in [1.29, 1.82) is 0 Å². The van der Waals surface area contributed by atoms with Gasteiger partial charge in [0.15, 0.2) is 17.5 Å². The van der Waals surface area contributed by atoms with Crippen molar-refractivity contribution in [2.24, 2.45) is 0 Å². The van der Waals surface area contributed by atoms with E-state index >= 15 is 0 Å². The molecule has 0 unspecified atom stereocenters. The summed E-state index contributed by atoms with van der Waals surface area (Å²) in [7, 11) is 0. The summed E-state index contributed by atoms with van der Waals surface area (Å²) in [6.07, 6.45) is 0. The molecule has 0 amide bonds. The van der Waals surface area contributed by atoms with Gasteiger partial charge in [-0.1, -0.05) is 151 Å². The Kier molecular flexibility index (Phi) is 6.23. The van der Waals surface area contributed by atoms with Crippen LogP contribution in [-0.4, -0.2) is 15.0 Å². The number of aryl methyl sites for hydroxylation is 1. The summed E-state index contributed by atoms with van der Waals surface area (Å²) in [5.41, 5.74) is 11.0. The average molecular weight is 564 g/mol. The monoisotopic (exact) mass is 563 g/mol. The van der Waals surface area contributed by atoms with E-state index in [0.29, 0.717) is 17.5 Å². The molecule has 1 aliphatic rings. The molecule has 208 valence electrons. The van der Waals surface area contributed by atoms with Crippen molar-refractivity contribution in [2.45, 2.75) is 12.3 Å². The normalized spacial score (nSPS) is 12.8. The van der Waals surface area contributed by atoms with Crippen LogP contribution in [0.4, 0.5) is 0 Å². The number of hydrogen-bond acceptors (Lipinski definition) is 3. The summed E-state index contributed by atoms with van der Waals surface area (Å²) < 4.78 is 0. The van der Waals surface area contributed by atoms with Crippen molar-refractivity contribution in [1.82, 2.24) is 15.0 Å². The minimum Gasteiger partial charge on any atom is -0.208 e. The molecule has 3 heteroatoms. The van der Waals surface area contributed by atoms with Crippen LogP contribution in [-0.2, 0) is 5.41 Å². The smallest absolute Gasteiger partial charge is 0.164 e. The van der Waals surface area contributed by atoms with E-state index < -0.39 is 5.41 Å². The summed E-state index contributed by atoms with van der Waals surface area (Å²) in [6, 6.07) is 55.7. The van der Waals surface area contributed by atoms with E-state index in [0.717, 1.165) is 22.3 Å². The second-order valence-electron chi connectivity index (χ2n) is 11.3. The molecule has 7 aromatic rings. The summed E-state index contributed by atoms with van der Waals surface area (Å²) in [6.45, 7) is 2.09. The van der Waals surface area contributed by atoms with Gasteiger partial charge in [0.25, 0.3) is 0 Å². The van der Waals surface area contributed by atoms with Gasteiger partial charge in [0.1, 0.15) is 0 Å². The molecule has 1 aliphatic carbocycles. The highest BCUT2D eigenvalue weighted by Gasteiger charge is 2.46. The Balaban J connectivity index is 1.40. The fourth-order valence-electron chi connectivity index (χ4n) is 6.72. The van der Waals surface area contributed by atoms with Crippen LogP contribution in [0.5, 0.6) is 0 Å². The van der Waals surface area contributed by atoms with Crippen LogP contribution in [0.15, 0.2) is 158 Å². The van der Waals surface area contributed by atoms with Crippen LogP contribution in [0.25, 0.3) is 45.3 Å². The van der Waals surface area contributed by atoms with Crippen LogP contribution in [0, 0.1) is 6.92 Å². The highest BCUT2D eigenvalue weighted by atomic mass is 15.0. The molecule has 0 radical (unpaired) electrons. The lowest BCUT2D eigenvalue weighted by molar-refractivity contribution is 0.768. The molecular weight excluding hydrogens is 534 g/mol. The van der Waals surface area contributed by atoms with E-state index in [1.54, 1.807) is 0 Å². The first-order valence-electron chi connectivity index (χ1n) is 15.0. The van der Waals surface area contributed by atoms with Crippen molar-refractivity contribution < 1.29 is 0 Å². The molecule has 0 saturated heterocycles. The SMILES string of the molecule is Cc1cccc(-c2nc(-c3ccccc3)nc(-c3ccc4c(c3)C(c3ccccc3)(c3ccccc3)c3ccccc3-4)n2)c1. The van der Waals surface area contributed by atoms with Gasteiger partial charge in [0.2, 0.25) is 0 Å². The van der Waals surface area contributed by atoms with Gasteiger partial charge in [-0.2, -0.15) is 0 Å². The number of aromatic nitrogens is 3. The van der Waals surface area contributed by atoms with E-state index in [4.69, 9.17) is 15.0 Å². The topological polar surface area (TPSA) is 38.7 Å². The van der Waals surface area contributed by atoms with Gasteiger partial charge in [-0.3, -0.25) is 0 Å². The zero-order valence-electron chi connectivity index (χ0n) is 24.4. The first-order chi connectivity index (χ1) is 21.7. The molecule has 0 N–H and O–H groups in total. The van der Waals surface area contributed by atoms with Gasteiger partial charge in [-0.15, -0.1) is 0 Å². The molecule has 3 nitrogen and oxygen atoms in total. The Morgan fingerprint density at radius 2 is 0.886 bits per heavy atom. The predicted octanol–water partition coefficient (Wildman–Crippen LogP) is 9.54. The Bertz CT molecular complexity index is 2080. The number of rotatable bonds is 5. The summed E-state index contributed by atoms with van der Waals surface area (Å²) in [5, 5.41) is 0. The second-order valence-corrected chi connectivity index (χ2v) is 11.3. The average Bonchev–Trinajstić information content (AvgIpc) is 3.40. The lowest BCUT2D eigenvalue weighted by Crippen LogP contribution is -2.28. The summed E-state index contributed by atoms with van der Waals surface area (Å²) >= 11 is 0. The van der Waals surface area contributed by atoms with E-state index in [1.807, 2.05) is 30.3 Å². The molecule has 8 rings (SSSR count). The Hall–Kier alpha value is -5.67. The molecule has 0 aliphatic heterocycles. The molecule has 6 aromatic carbocycles. The van der Waals surface area contributed by atoms with Crippen LogP contribution >= 0.6 is 0 Å². The highest BCUT2D eigenvalue weighted by molar-refractivity contribution is 5.88. The lowest BCUT2D eigenvalue weighted by atomic mass is 9.67. The fraction of sp³-hybridized carbons (Fsp3) is 0.0488. The van der Waals surface area contributed by atoms with Crippen LogP contribution < -0.4 is 0 Å². The third kappa shape index (κ3) is 4.17. The van der Waals surface area contributed by atoms with Crippen LogP contribution in [0.2, 0.25) is 0 Å². The molecule has 0 fully saturated rings. The predicted molar refractivity (Wildman–Crippen MR) is 178 cm³/mol.